The second-order valence-electron chi connectivity index (χ2n) is 6.73. The van der Waals surface area contributed by atoms with E-state index in [1.54, 1.807) is 0 Å². The van der Waals surface area contributed by atoms with Gasteiger partial charge < -0.3 is 9.30 Å². The summed E-state index contributed by atoms with van der Waals surface area (Å²) >= 11 is 0. The number of fused-ring (bicyclic) bond motifs is 3. The van der Waals surface area contributed by atoms with Gasteiger partial charge in [-0.25, -0.2) is 0 Å². The molecule has 0 radical (unpaired) electrons. The molecule has 25 heavy (non-hydrogen) atoms. The molecule has 0 saturated heterocycles. The predicted molar refractivity (Wildman–Crippen MR) is 105 cm³/mol. The Bertz CT molecular complexity index is 960. The smallest absolute Gasteiger partial charge is 0.122 e. The molecule has 0 bridgehead atoms. The van der Waals surface area contributed by atoms with E-state index in [0.29, 0.717) is 12.5 Å². The molecule has 1 aromatic heterocycles. The van der Waals surface area contributed by atoms with Crippen LogP contribution in [0.3, 0.4) is 0 Å². The van der Waals surface area contributed by atoms with Gasteiger partial charge in [-0.3, -0.25) is 0 Å². The number of hydrogen-bond donors (Lipinski definition) is 0. The van der Waals surface area contributed by atoms with Gasteiger partial charge in [0.25, 0.3) is 0 Å². The molecule has 2 heteroatoms. The van der Waals surface area contributed by atoms with Gasteiger partial charge in [0.1, 0.15) is 12.4 Å². The van der Waals surface area contributed by atoms with Crippen molar-refractivity contribution in [3.63, 3.8) is 0 Å². The Morgan fingerprint density at radius 1 is 0.760 bits per heavy atom. The molecule has 0 fully saturated rings. The van der Waals surface area contributed by atoms with Crippen LogP contribution >= 0.6 is 0 Å². The summed E-state index contributed by atoms with van der Waals surface area (Å²) in [7, 11) is 0. The fraction of sp³-hybridized carbons (Fsp3) is 0.217. The number of hydrogen-bond acceptors (Lipinski definition) is 1. The zero-order valence-electron chi connectivity index (χ0n) is 14.8. The lowest BCUT2D eigenvalue weighted by Gasteiger charge is -2.15. The predicted octanol–water partition coefficient (Wildman–Crippen LogP) is 6.00. The van der Waals surface area contributed by atoms with Gasteiger partial charge in [0.05, 0.1) is 6.54 Å². The van der Waals surface area contributed by atoms with Crippen molar-refractivity contribution in [2.75, 3.05) is 6.61 Å². The van der Waals surface area contributed by atoms with E-state index in [9.17, 15) is 0 Å². The van der Waals surface area contributed by atoms with Crippen molar-refractivity contribution in [1.82, 2.24) is 4.57 Å². The second-order valence-corrected chi connectivity index (χ2v) is 6.73. The Balaban J connectivity index is 1.63. The first-order valence-corrected chi connectivity index (χ1v) is 8.93. The Kier molecular flexibility index (Phi) is 4.19. The summed E-state index contributed by atoms with van der Waals surface area (Å²) in [6.45, 7) is 5.90. The van der Waals surface area contributed by atoms with Crippen molar-refractivity contribution < 1.29 is 4.74 Å². The molecule has 0 spiro atoms. The van der Waals surface area contributed by atoms with Crippen molar-refractivity contribution in [2.45, 2.75) is 26.3 Å². The molecule has 0 unspecified atom stereocenters. The lowest BCUT2D eigenvalue weighted by Crippen LogP contribution is -2.09. The van der Waals surface area contributed by atoms with E-state index in [2.05, 4.69) is 85.1 Å². The molecule has 0 N–H and O–H groups in total. The number of ether oxygens (including phenoxy) is 1. The first kappa shape index (κ1) is 15.8. The Hall–Kier alpha value is -2.74. The van der Waals surface area contributed by atoms with E-state index in [0.717, 1.165) is 12.3 Å². The van der Waals surface area contributed by atoms with Crippen LogP contribution in [0.15, 0.2) is 72.8 Å². The number of benzene rings is 3. The Labute approximate surface area is 148 Å². The second kappa shape index (κ2) is 6.64. The lowest BCUT2D eigenvalue weighted by atomic mass is 10.0. The maximum Gasteiger partial charge on any atom is 0.122 e. The van der Waals surface area contributed by atoms with Crippen LogP contribution in [0.2, 0.25) is 0 Å². The van der Waals surface area contributed by atoms with E-state index >= 15 is 0 Å². The highest BCUT2D eigenvalue weighted by atomic mass is 16.5. The van der Waals surface area contributed by atoms with Gasteiger partial charge in [-0.15, -0.1) is 0 Å². The molecule has 1 heterocycles. The van der Waals surface area contributed by atoms with Crippen LogP contribution in [-0.4, -0.2) is 11.2 Å². The van der Waals surface area contributed by atoms with Crippen LogP contribution < -0.4 is 4.74 Å². The van der Waals surface area contributed by atoms with Crippen LogP contribution in [0.5, 0.6) is 5.75 Å². The summed E-state index contributed by atoms with van der Waals surface area (Å²) < 4.78 is 8.51. The molecule has 2 nitrogen and oxygen atoms in total. The van der Waals surface area contributed by atoms with Gasteiger partial charge in [0.2, 0.25) is 0 Å². The molecular formula is C23H23NO. The van der Waals surface area contributed by atoms with Gasteiger partial charge in [0.15, 0.2) is 0 Å². The minimum absolute atomic E-state index is 0.462. The first-order chi connectivity index (χ1) is 12.3. The van der Waals surface area contributed by atoms with E-state index in [-0.39, 0.29) is 0 Å². The van der Waals surface area contributed by atoms with Gasteiger partial charge in [-0.2, -0.15) is 0 Å². The molecule has 0 aliphatic carbocycles. The number of para-hydroxylation sites is 3. The van der Waals surface area contributed by atoms with Crippen molar-refractivity contribution >= 4 is 21.8 Å². The Morgan fingerprint density at radius 2 is 1.32 bits per heavy atom. The van der Waals surface area contributed by atoms with Crippen molar-refractivity contribution in [2.24, 2.45) is 0 Å². The van der Waals surface area contributed by atoms with Crippen molar-refractivity contribution in [3.05, 3.63) is 78.4 Å². The molecule has 4 aromatic rings. The maximum absolute atomic E-state index is 6.15. The normalized spacial score (nSPS) is 11.5. The summed E-state index contributed by atoms with van der Waals surface area (Å²) in [5.41, 5.74) is 3.80. The average molecular weight is 329 g/mol. The SMILES string of the molecule is CC(C)c1ccccc1OCCn1c2ccccc2c2ccccc21. The van der Waals surface area contributed by atoms with Crippen LogP contribution in [0.25, 0.3) is 21.8 Å². The third kappa shape index (κ3) is 2.89. The van der Waals surface area contributed by atoms with Crippen LogP contribution in [-0.2, 0) is 6.54 Å². The molecule has 0 atom stereocenters. The number of nitrogens with zero attached hydrogens (tertiary/aromatic N) is 1. The van der Waals surface area contributed by atoms with Crippen molar-refractivity contribution in [1.29, 1.82) is 0 Å². The Morgan fingerprint density at radius 3 is 1.96 bits per heavy atom. The monoisotopic (exact) mass is 329 g/mol. The fourth-order valence-corrected chi connectivity index (χ4v) is 3.58. The molecule has 126 valence electrons. The molecular weight excluding hydrogens is 306 g/mol. The summed E-state index contributed by atoms with van der Waals surface area (Å²) in [6.07, 6.45) is 0. The highest BCUT2D eigenvalue weighted by molar-refractivity contribution is 6.07. The minimum atomic E-state index is 0.462. The minimum Gasteiger partial charge on any atom is -0.491 e. The van der Waals surface area contributed by atoms with E-state index in [1.165, 1.54) is 27.4 Å². The first-order valence-electron chi connectivity index (χ1n) is 8.93. The van der Waals surface area contributed by atoms with Gasteiger partial charge in [0, 0.05) is 21.8 Å². The average Bonchev–Trinajstić information content (AvgIpc) is 2.96. The van der Waals surface area contributed by atoms with Gasteiger partial charge >= 0.3 is 0 Å². The molecule has 0 amide bonds. The van der Waals surface area contributed by atoms with Gasteiger partial charge in [-0.1, -0.05) is 68.4 Å². The van der Waals surface area contributed by atoms with Gasteiger partial charge in [-0.05, 0) is 29.7 Å². The van der Waals surface area contributed by atoms with Crippen molar-refractivity contribution in [3.8, 4) is 5.75 Å². The number of rotatable bonds is 5. The molecule has 4 rings (SSSR count). The lowest BCUT2D eigenvalue weighted by molar-refractivity contribution is 0.298. The third-order valence-corrected chi connectivity index (χ3v) is 4.79. The summed E-state index contributed by atoms with van der Waals surface area (Å²) in [5.74, 6) is 1.46. The highest BCUT2D eigenvalue weighted by Gasteiger charge is 2.10. The maximum atomic E-state index is 6.15. The zero-order valence-corrected chi connectivity index (χ0v) is 14.8. The van der Waals surface area contributed by atoms with E-state index < -0.39 is 0 Å². The third-order valence-electron chi connectivity index (χ3n) is 4.79. The molecule has 0 aliphatic heterocycles. The standard InChI is InChI=1S/C23H23NO/c1-17(2)18-9-5-8-14-23(18)25-16-15-24-21-12-6-3-10-19(21)20-11-4-7-13-22(20)24/h3-14,17H,15-16H2,1-2H3. The molecule has 3 aromatic carbocycles. The van der Waals surface area contributed by atoms with E-state index in [4.69, 9.17) is 4.74 Å². The summed E-state index contributed by atoms with van der Waals surface area (Å²) in [5, 5.41) is 2.61. The zero-order chi connectivity index (χ0) is 17.2. The van der Waals surface area contributed by atoms with Crippen LogP contribution in [0.1, 0.15) is 25.3 Å². The van der Waals surface area contributed by atoms with Crippen LogP contribution in [0.4, 0.5) is 0 Å². The van der Waals surface area contributed by atoms with Crippen LogP contribution in [0, 0.1) is 0 Å². The fourth-order valence-electron chi connectivity index (χ4n) is 3.58. The number of aromatic nitrogens is 1. The topological polar surface area (TPSA) is 14.2 Å². The molecule has 0 aliphatic rings. The summed E-state index contributed by atoms with van der Waals surface area (Å²) in [6, 6.07) is 25.5. The quantitative estimate of drug-likeness (QED) is 0.438. The largest absolute Gasteiger partial charge is 0.491 e. The van der Waals surface area contributed by atoms with E-state index in [1.807, 2.05) is 6.07 Å². The highest BCUT2D eigenvalue weighted by Crippen LogP contribution is 2.29. The summed E-state index contributed by atoms with van der Waals surface area (Å²) in [4.78, 5) is 0. The molecule has 0 saturated carbocycles.